The second-order valence-corrected chi connectivity index (χ2v) is 5.31. The van der Waals surface area contributed by atoms with E-state index in [1.54, 1.807) is 20.9 Å². The van der Waals surface area contributed by atoms with Crippen LogP contribution < -0.4 is 5.43 Å². The molecule has 1 aliphatic rings. The Labute approximate surface area is 117 Å². The predicted octanol–water partition coefficient (Wildman–Crippen LogP) is 1.84. The molecule has 2 N–H and O–H groups in total. The fourth-order valence-corrected chi connectivity index (χ4v) is 1.98. The number of oxime groups is 1. The normalized spacial score (nSPS) is 21.8. The van der Waals surface area contributed by atoms with Crippen LogP contribution in [0.3, 0.4) is 0 Å². The quantitative estimate of drug-likeness (QED) is 0.638. The lowest BCUT2D eigenvalue weighted by atomic mass is 9.99. The van der Waals surface area contributed by atoms with Crippen molar-refractivity contribution in [1.82, 2.24) is 4.90 Å². The smallest absolute Gasteiger partial charge is 0.276 e. The lowest BCUT2D eigenvalue weighted by Crippen LogP contribution is -2.41. The number of amides is 1. The maximum atomic E-state index is 12.1. The number of hydrogen-bond acceptors (Lipinski definition) is 5. The Morgan fingerprint density at radius 3 is 2.40 bits per heavy atom. The topological polar surface area (TPSA) is 77.3 Å². The van der Waals surface area contributed by atoms with Gasteiger partial charge in [-0.3, -0.25) is 10.2 Å². The van der Waals surface area contributed by atoms with E-state index in [9.17, 15) is 4.79 Å². The molecular weight excluding hydrogens is 256 g/mol. The van der Waals surface area contributed by atoms with Crippen LogP contribution in [0.1, 0.15) is 19.4 Å². The molecule has 0 aromatic heterocycles. The van der Waals surface area contributed by atoms with Gasteiger partial charge in [0.05, 0.1) is 11.2 Å². The molecule has 1 aromatic carbocycles. The first kappa shape index (κ1) is 14.0. The van der Waals surface area contributed by atoms with Gasteiger partial charge in [0.15, 0.2) is 5.71 Å². The van der Waals surface area contributed by atoms with Crippen LogP contribution in [0.4, 0.5) is 5.69 Å². The van der Waals surface area contributed by atoms with Gasteiger partial charge >= 0.3 is 0 Å². The van der Waals surface area contributed by atoms with Crippen LogP contribution in [-0.2, 0) is 4.79 Å². The average Bonchev–Trinajstić information content (AvgIpc) is 2.58. The summed E-state index contributed by atoms with van der Waals surface area (Å²) in [6.07, 6.45) is 0. The molecule has 0 spiro atoms. The number of carbonyl (C=O) groups excluding carboxylic acids is 1. The molecule has 0 aliphatic carbocycles. The second kappa shape index (κ2) is 4.96. The zero-order valence-electron chi connectivity index (χ0n) is 12.0. The lowest BCUT2D eigenvalue weighted by Gasteiger charge is -2.25. The average molecular weight is 274 g/mol. The van der Waals surface area contributed by atoms with Crippen molar-refractivity contribution in [2.75, 3.05) is 12.5 Å². The van der Waals surface area contributed by atoms with Gasteiger partial charge in [0.25, 0.3) is 5.91 Å². The first-order valence-corrected chi connectivity index (χ1v) is 6.29. The maximum Gasteiger partial charge on any atom is 0.276 e. The first-order chi connectivity index (χ1) is 9.37. The minimum absolute atomic E-state index is 0.126. The standard InChI is InChI=1S/C14H18N4O2/c1-9-5-7-10(8-6-9)15-16-11-12(17-20)14(2,3)18(4)13(11)19/h5-8,15,20H,1-4H3. The highest BCUT2D eigenvalue weighted by Gasteiger charge is 2.47. The van der Waals surface area contributed by atoms with Crippen molar-refractivity contribution in [2.24, 2.45) is 10.3 Å². The van der Waals surface area contributed by atoms with Gasteiger partial charge in [-0.25, -0.2) is 0 Å². The van der Waals surface area contributed by atoms with Gasteiger partial charge in [0, 0.05) is 7.05 Å². The van der Waals surface area contributed by atoms with Gasteiger partial charge in [-0.1, -0.05) is 22.9 Å². The van der Waals surface area contributed by atoms with E-state index in [2.05, 4.69) is 15.7 Å². The molecule has 1 saturated heterocycles. The van der Waals surface area contributed by atoms with Crippen molar-refractivity contribution in [3.05, 3.63) is 29.8 Å². The highest BCUT2D eigenvalue weighted by atomic mass is 16.4. The Morgan fingerprint density at radius 2 is 1.85 bits per heavy atom. The van der Waals surface area contributed by atoms with Crippen molar-refractivity contribution < 1.29 is 10.0 Å². The van der Waals surface area contributed by atoms with Crippen LogP contribution in [0.5, 0.6) is 0 Å². The summed E-state index contributed by atoms with van der Waals surface area (Å²) in [6, 6.07) is 7.61. The van der Waals surface area contributed by atoms with Crippen LogP contribution in [0.2, 0.25) is 0 Å². The molecule has 6 nitrogen and oxygen atoms in total. The number of aryl methyl sites for hydroxylation is 1. The molecule has 20 heavy (non-hydrogen) atoms. The molecule has 0 saturated carbocycles. The van der Waals surface area contributed by atoms with Crippen molar-refractivity contribution in [3.8, 4) is 0 Å². The van der Waals surface area contributed by atoms with Crippen molar-refractivity contribution in [2.45, 2.75) is 26.3 Å². The molecule has 1 aromatic rings. The van der Waals surface area contributed by atoms with Crippen molar-refractivity contribution in [1.29, 1.82) is 0 Å². The van der Waals surface area contributed by atoms with E-state index in [0.29, 0.717) is 0 Å². The van der Waals surface area contributed by atoms with E-state index >= 15 is 0 Å². The van der Waals surface area contributed by atoms with E-state index < -0.39 is 5.54 Å². The number of nitrogens with one attached hydrogen (secondary N) is 1. The van der Waals surface area contributed by atoms with Gasteiger partial charge in [0.2, 0.25) is 0 Å². The molecule has 0 atom stereocenters. The minimum atomic E-state index is -0.681. The molecule has 0 bridgehead atoms. The maximum absolute atomic E-state index is 12.1. The zero-order chi connectivity index (χ0) is 14.9. The first-order valence-electron chi connectivity index (χ1n) is 6.29. The number of likely N-dealkylation sites (tertiary alicyclic amines) is 1. The summed E-state index contributed by atoms with van der Waals surface area (Å²) in [4.78, 5) is 13.6. The number of nitrogens with zero attached hydrogens (tertiary/aromatic N) is 3. The third-order valence-corrected chi connectivity index (χ3v) is 3.60. The van der Waals surface area contributed by atoms with Gasteiger partial charge in [-0.2, -0.15) is 5.10 Å². The van der Waals surface area contributed by atoms with Crippen LogP contribution in [-0.4, -0.2) is 40.0 Å². The van der Waals surface area contributed by atoms with E-state index in [-0.39, 0.29) is 17.3 Å². The largest absolute Gasteiger partial charge is 0.411 e. The molecule has 1 heterocycles. The van der Waals surface area contributed by atoms with Gasteiger partial charge < -0.3 is 10.1 Å². The number of hydrogen-bond donors (Lipinski definition) is 2. The second-order valence-electron chi connectivity index (χ2n) is 5.31. The lowest BCUT2D eigenvalue weighted by molar-refractivity contribution is -0.124. The Balaban J connectivity index is 2.29. The molecular formula is C14H18N4O2. The van der Waals surface area contributed by atoms with Crippen molar-refractivity contribution in [3.63, 3.8) is 0 Å². The molecule has 0 unspecified atom stereocenters. The molecule has 106 valence electrons. The summed E-state index contributed by atoms with van der Waals surface area (Å²) in [5.41, 5.74) is 4.42. The Morgan fingerprint density at radius 1 is 1.25 bits per heavy atom. The fourth-order valence-electron chi connectivity index (χ4n) is 1.98. The summed E-state index contributed by atoms with van der Waals surface area (Å²) in [5, 5.41) is 16.5. The van der Waals surface area contributed by atoms with E-state index in [1.807, 2.05) is 31.2 Å². The van der Waals surface area contributed by atoms with Crippen LogP contribution in [0, 0.1) is 6.92 Å². The summed E-state index contributed by atoms with van der Waals surface area (Å²) in [5.74, 6) is -0.276. The molecule has 6 heteroatoms. The predicted molar refractivity (Wildman–Crippen MR) is 78.3 cm³/mol. The van der Waals surface area contributed by atoms with Crippen LogP contribution >= 0.6 is 0 Å². The van der Waals surface area contributed by atoms with E-state index in [4.69, 9.17) is 5.21 Å². The summed E-state index contributed by atoms with van der Waals surface area (Å²) in [7, 11) is 1.65. The highest BCUT2D eigenvalue weighted by Crippen LogP contribution is 2.24. The number of anilines is 1. The Hall–Kier alpha value is -2.37. The summed E-state index contributed by atoms with van der Waals surface area (Å²) in [6.45, 7) is 5.59. The molecule has 1 aliphatic heterocycles. The van der Waals surface area contributed by atoms with E-state index in [1.165, 1.54) is 4.90 Å². The SMILES string of the molecule is Cc1ccc(NN=C2C(=O)N(C)C(C)(C)C2=NO)cc1. The fraction of sp³-hybridized carbons (Fsp3) is 0.357. The molecule has 1 fully saturated rings. The van der Waals surface area contributed by atoms with Gasteiger partial charge in [-0.15, -0.1) is 0 Å². The van der Waals surface area contributed by atoms with Crippen LogP contribution in [0.25, 0.3) is 0 Å². The number of hydrazone groups is 1. The third-order valence-electron chi connectivity index (χ3n) is 3.60. The molecule has 0 radical (unpaired) electrons. The van der Waals surface area contributed by atoms with Gasteiger partial charge in [0.1, 0.15) is 5.71 Å². The Kier molecular flexibility index (Phi) is 3.48. The monoisotopic (exact) mass is 274 g/mol. The number of rotatable bonds is 2. The molecule has 2 rings (SSSR count). The van der Waals surface area contributed by atoms with Gasteiger partial charge in [-0.05, 0) is 32.9 Å². The minimum Gasteiger partial charge on any atom is -0.411 e. The summed E-state index contributed by atoms with van der Waals surface area (Å²) < 4.78 is 0. The number of carbonyl (C=O) groups is 1. The Bertz CT molecular complexity index is 588. The van der Waals surface area contributed by atoms with E-state index in [0.717, 1.165) is 11.3 Å². The number of benzene rings is 1. The highest BCUT2D eigenvalue weighted by molar-refractivity contribution is 6.71. The zero-order valence-corrected chi connectivity index (χ0v) is 12.0. The summed E-state index contributed by atoms with van der Waals surface area (Å²) >= 11 is 0. The van der Waals surface area contributed by atoms with Crippen molar-refractivity contribution >= 4 is 23.0 Å². The van der Waals surface area contributed by atoms with Crippen LogP contribution in [0.15, 0.2) is 34.5 Å². The molecule has 1 amide bonds. The third kappa shape index (κ3) is 2.24.